The SMILES string of the molecule is CC(O)(c1ccc(F)cc1)c1ccc(Br)cc1. The highest BCUT2D eigenvalue weighted by molar-refractivity contribution is 9.10. The molecule has 17 heavy (non-hydrogen) atoms. The quantitative estimate of drug-likeness (QED) is 0.892. The molecule has 0 aliphatic heterocycles. The molecule has 2 aromatic rings. The third-order valence-electron chi connectivity index (χ3n) is 2.81. The van der Waals surface area contributed by atoms with Gasteiger partial charge in [0.1, 0.15) is 11.4 Å². The van der Waals surface area contributed by atoms with Crippen molar-refractivity contribution in [2.24, 2.45) is 0 Å². The molecular weight excluding hydrogens is 283 g/mol. The summed E-state index contributed by atoms with van der Waals surface area (Å²) in [6.07, 6.45) is 0. The monoisotopic (exact) mass is 294 g/mol. The molecule has 0 radical (unpaired) electrons. The highest BCUT2D eigenvalue weighted by Gasteiger charge is 2.25. The van der Waals surface area contributed by atoms with E-state index in [0.29, 0.717) is 5.56 Å². The van der Waals surface area contributed by atoms with Crippen molar-refractivity contribution in [3.63, 3.8) is 0 Å². The number of hydrogen-bond donors (Lipinski definition) is 1. The van der Waals surface area contributed by atoms with Gasteiger partial charge in [0.15, 0.2) is 0 Å². The molecule has 0 spiro atoms. The number of benzene rings is 2. The molecule has 1 atom stereocenters. The van der Waals surface area contributed by atoms with Crippen LogP contribution in [-0.2, 0) is 5.60 Å². The summed E-state index contributed by atoms with van der Waals surface area (Å²) in [5, 5.41) is 10.5. The van der Waals surface area contributed by atoms with Crippen LogP contribution in [-0.4, -0.2) is 5.11 Å². The minimum absolute atomic E-state index is 0.305. The van der Waals surface area contributed by atoms with Gasteiger partial charge >= 0.3 is 0 Å². The van der Waals surface area contributed by atoms with Crippen LogP contribution in [0.2, 0.25) is 0 Å². The van der Waals surface area contributed by atoms with Gasteiger partial charge in [0, 0.05) is 4.47 Å². The Labute approximate surface area is 108 Å². The maximum Gasteiger partial charge on any atom is 0.123 e. The van der Waals surface area contributed by atoms with Gasteiger partial charge in [0.05, 0.1) is 0 Å². The molecular formula is C14H12BrFO. The Morgan fingerprint density at radius 1 is 0.941 bits per heavy atom. The first kappa shape index (κ1) is 12.3. The summed E-state index contributed by atoms with van der Waals surface area (Å²) in [6, 6.07) is 13.3. The molecule has 0 fully saturated rings. The summed E-state index contributed by atoms with van der Waals surface area (Å²) < 4.78 is 13.8. The second-order valence-corrected chi connectivity index (χ2v) is 5.00. The Balaban J connectivity index is 2.41. The molecule has 0 bridgehead atoms. The zero-order valence-electron chi connectivity index (χ0n) is 9.32. The minimum atomic E-state index is -1.12. The van der Waals surface area contributed by atoms with Crippen molar-refractivity contribution in [2.75, 3.05) is 0 Å². The first-order chi connectivity index (χ1) is 8.00. The Hall–Kier alpha value is -1.19. The molecule has 2 rings (SSSR count). The predicted octanol–water partition coefficient (Wildman–Crippen LogP) is 3.84. The number of aliphatic hydroxyl groups is 1. The van der Waals surface area contributed by atoms with Gasteiger partial charge in [-0.15, -0.1) is 0 Å². The van der Waals surface area contributed by atoms with Gasteiger partial charge < -0.3 is 5.11 Å². The van der Waals surface area contributed by atoms with Gasteiger partial charge in [-0.2, -0.15) is 0 Å². The third kappa shape index (κ3) is 2.56. The minimum Gasteiger partial charge on any atom is -0.381 e. The summed E-state index contributed by atoms with van der Waals surface area (Å²) in [6.45, 7) is 1.70. The van der Waals surface area contributed by atoms with E-state index in [0.717, 1.165) is 10.0 Å². The molecule has 0 amide bonds. The Bertz CT molecular complexity index is 455. The van der Waals surface area contributed by atoms with Crippen LogP contribution >= 0.6 is 15.9 Å². The van der Waals surface area contributed by atoms with E-state index in [-0.39, 0.29) is 5.82 Å². The smallest absolute Gasteiger partial charge is 0.123 e. The summed E-state index contributed by atoms with van der Waals surface area (Å²) in [5.74, 6) is -0.305. The molecule has 0 aromatic heterocycles. The van der Waals surface area contributed by atoms with Crippen LogP contribution < -0.4 is 0 Å². The van der Waals surface area contributed by atoms with Gasteiger partial charge in [0.25, 0.3) is 0 Å². The van der Waals surface area contributed by atoms with Crippen LogP contribution in [0.1, 0.15) is 18.1 Å². The highest BCUT2D eigenvalue weighted by atomic mass is 79.9. The highest BCUT2D eigenvalue weighted by Crippen LogP contribution is 2.29. The lowest BCUT2D eigenvalue weighted by atomic mass is 9.88. The fourth-order valence-electron chi connectivity index (χ4n) is 1.72. The molecule has 1 nitrogen and oxygen atoms in total. The largest absolute Gasteiger partial charge is 0.381 e. The van der Waals surface area contributed by atoms with Crippen LogP contribution in [0.25, 0.3) is 0 Å². The maximum absolute atomic E-state index is 12.8. The third-order valence-corrected chi connectivity index (χ3v) is 3.34. The van der Waals surface area contributed by atoms with Crippen molar-refractivity contribution >= 4 is 15.9 Å². The molecule has 1 unspecified atom stereocenters. The van der Waals surface area contributed by atoms with E-state index in [1.807, 2.05) is 24.3 Å². The fourth-order valence-corrected chi connectivity index (χ4v) is 1.98. The molecule has 2 aromatic carbocycles. The summed E-state index contributed by atoms with van der Waals surface area (Å²) in [4.78, 5) is 0. The molecule has 0 saturated heterocycles. The van der Waals surface area contributed by atoms with Crippen molar-refractivity contribution in [2.45, 2.75) is 12.5 Å². The predicted molar refractivity (Wildman–Crippen MR) is 69.2 cm³/mol. The summed E-state index contributed by atoms with van der Waals surface area (Å²) in [5.41, 5.74) is 0.322. The van der Waals surface area contributed by atoms with Crippen molar-refractivity contribution in [1.29, 1.82) is 0 Å². The summed E-state index contributed by atoms with van der Waals surface area (Å²) >= 11 is 3.35. The molecule has 0 aliphatic rings. The molecule has 0 heterocycles. The van der Waals surface area contributed by atoms with Gasteiger partial charge in [-0.3, -0.25) is 0 Å². The van der Waals surface area contributed by atoms with Gasteiger partial charge in [0.2, 0.25) is 0 Å². The number of halogens is 2. The second-order valence-electron chi connectivity index (χ2n) is 4.09. The lowest BCUT2D eigenvalue weighted by Gasteiger charge is -2.24. The molecule has 88 valence electrons. The molecule has 3 heteroatoms. The Morgan fingerprint density at radius 3 is 1.82 bits per heavy atom. The van der Waals surface area contributed by atoms with E-state index in [2.05, 4.69) is 15.9 Å². The zero-order chi connectivity index (χ0) is 12.5. The van der Waals surface area contributed by atoms with Crippen molar-refractivity contribution in [1.82, 2.24) is 0 Å². The van der Waals surface area contributed by atoms with Crippen LogP contribution in [0.15, 0.2) is 53.0 Å². The average Bonchev–Trinajstić information content (AvgIpc) is 2.30. The van der Waals surface area contributed by atoms with E-state index in [9.17, 15) is 9.50 Å². The van der Waals surface area contributed by atoms with Crippen LogP contribution in [0.5, 0.6) is 0 Å². The van der Waals surface area contributed by atoms with Gasteiger partial charge in [-0.1, -0.05) is 40.2 Å². The van der Waals surface area contributed by atoms with E-state index in [4.69, 9.17) is 0 Å². The number of hydrogen-bond acceptors (Lipinski definition) is 1. The van der Waals surface area contributed by atoms with Crippen LogP contribution in [0.3, 0.4) is 0 Å². The Morgan fingerprint density at radius 2 is 1.35 bits per heavy atom. The maximum atomic E-state index is 12.8. The van der Waals surface area contributed by atoms with E-state index >= 15 is 0 Å². The van der Waals surface area contributed by atoms with Crippen LogP contribution in [0, 0.1) is 5.82 Å². The molecule has 0 saturated carbocycles. The van der Waals surface area contributed by atoms with Gasteiger partial charge in [-0.05, 0) is 42.3 Å². The molecule has 0 aliphatic carbocycles. The van der Waals surface area contributed by atoms with E-state index in [1.165, 1.54) is 12.1 Å². The Kier molecular flexibility index (Phi) is 3.31. The first-order valence-electron chi connectivity index (χ1n) is 5.24. The number of rotatable bonds is 2. The van der Waals surface area contributed by atoms with E-state index < -0.39 is 5.60 Å². The van der Waals surface area contributed by atoms with Crippen molar-refractivity contribution in [3.05, 3.63) is 69.9 Å². The second kappa shape index (κ2) is 4.59. The van der Waals surface area contributed by atoms with Crippen molar-refractivity contribution in [3.8, 4) is 0 Å². The van der Waals surface area contributed by atoms with Crippen LogP contribution in [0.4, 0.5) is 4.39 Å². The zero-order valence-corrected chi connectivity index (χ0v) is 10.9. The molecule has 1 N–H and O–H groups in total. The first-order valence-corrected chi connectivity index (χ1v) is 6.04. The van der Waals surface area contributed by atoms with Crippen molar-refractivity contribution < 1.29 is 9.50 Å². The lowest BCUT2D eigenvalue weighted by molar-refractivity contribution is 0.102. The fraction of sp³-hybridized carbons (Fsp3) is 0.143. The summed E-state index contributed by atoms with van der Waals surface area (Å²) in [7, 11) is 0. The normalized spacial score (nSPS) is 14.4. The lowest BCUT2D eigenvalue weighted by Crippen LogP contribution is -2.22. The average molecular weight is 295 g/mol. The topological polar surface area (TPSA) is 20.2 Å². The van der Waals surface area contributed by atoms with E-state index in [1.54, 1.807) is 19.1 Å². The van der Waals surface area contributed by atoms with Gasteiger partial charge in [-0.25, -0.2) is 4.39 Å². The standard InChI is InChI=1S/C14H12BrFO/c1-14(17,10-2-6-12(15)7-3-10)11-4-8-13(16)9-5-11/h2-9,17H,1H3.